The number of nitrogens with zero attached hydrogens (tertiary/aromatic N) is 1. The maximum Gasteiger partial charge on any atom is 0.224 e. The van der Waals surface area contributed by atoms with Crippen LogP contribution in [-0.2, 0) is 4.79 Å². The molecule has 2 rings (SSSR count). The molecule has 2 N–H and O–H groups in total. The molecule has 20 heavy (non-hydrogen) atoms. The van der Waals surface area contributed by atoms with Gasteiger partial charge in [0.1, 0.15) is 11.6 Å². The molecule has 0 aromatic heterocycles. The first kappa shape index (κ1) is 14.9. The molecule has 0 aliphatic heterocycles. The molecule has 1 aromatic carbocycles. The van der Waals surface area contributed by atoms with E-state index in [0.717, 1.165) is 37.5 Å². The Labute approximate surface area is 117 Å². The Morgan fingerprint density at radius 3 is 2.65 bits per heavy atom. The highest BCUT2D eigenvalue weighted by Crippen LogP contribution is 2.33. The molecule has 1 aliphatic carbocycles. The molecule has 0 radical (unpaired) electrons. The van der Waals surface area contributed by atoms with Crippen molar-refractivity contribution in [3.63, 3.8) is 0 Å². The Bertz CT molecular complexity index is 515. The molecule has 1 aromatic rings. The molecule has 1 saturated carbocycles. The summed E-state index contributed by atoms with van der Waals surface area (Å²) in [5, 5.41) is 0. The average molecular weight is 282 g/mol. The number of carbonyl (C=O) groups is 1. The van der Waals surface area contributed by atoms with Crippen LogP contribution in [0.4, 0.5) is 8.78 Å². The van der Waals surface area contributed by atoms with Gasteiger partial charge < -0.3 is 10.6 Å². The lowest BCUT2D eigenvalue weighted by Gasteiger charge is -2.39. The zero-order valence-electron chi connectivity index (χ0n) is 11.8. The average Bonchev–Trinajstić information content (AvgIpc) is 2.38. The van der Waals surface area contributed by atoms with Gasteiger partial charge in [0.15, 0.2) is 0 Å². The minimum atomic E-state index is -0.526. The Kier molecular flexibility index (Phi) is 4.09. The van der Waals surface area contributed by atoms with Gasteiger partial charge in [0.25, 0.3) is 0 Å². The Balaban J connectivity index is 2.09. The highest BCUT2D eigenvalue weighted by molar-refractivity contribution is 5.77. The van der Waals surface area contributed by atoms with Gasteiger partial charge in [-0.3, -0.25) is 4.79 Å². The van der Waals surface area contributed by atoms with E-state index in [1.807, 2.05) is 0 Å². The second-order valence-corrected chi connectivity index (χ2v) is 5.74. The third-order valence-electron chi connectivity index (χ3n) is 4.24. The van der Waals surface area contributed by atoms with E-state index in [2.05, 4.69) is 0 Å². The summed E-state index contributed by atoms with van der Waals surface area (Å²) < 4.78 is 26.9. The van der Waals surface area contributed by atoms with Crippen molar-refractivity contribution in [1.82, 2.24) is 4.90 Å². The molecule has 110 valence electrons. The van der Waals surface area contributed by atoms with Crippen molar-refractivity contribution in [3.05, 3.63) is 35.4 Å². The number of hydrogen-bond donors (Lipinski definition) is 1. The van der Waals surface area contributed by atoms with Crippen molar-refractivity contribution in [3.8, 4) is 0 Å². The van der Waals surface area contributed by atoms with Gasteiger partial charge in [-0.2, -0.15) is 0 Å². The summed E-state index contributed by atoms with van der Waals surface area (Å²) in [5.74, 6) is -1.16. The van der Waals surface area contributed by atoms with Gasteiger partial charge in [0, 0.05) is 24.6 Å². The molecule has 0 spiro atoms. The van der Waals surface area contributed by atoms with Crippen LogP contribution >= 0.6 is 0 Å². The first-order valence-electron chi connectivity index (χ1n) is 6.82. The lowest BCUT2D eigenvalue weighted by atomic mass is 9.75. The minimum absolute atomic E-state index is 0.136. The van der Waals surface area contributed by atoms with Gasteiger partial charge >= 0.3 is 0 Å². The highest BCUT2D eigenvalue weighted by atomic mass is 19.1. The summed E-state index contributed by atoms with van der Waals surface area (Å²) in [7, 11) is 1.60. The van der Waals surface area contributed by atoms with Crippen LogP contribution in [0.1, 0.15) is 44.2 Å². The predicted molar refractivity (Wildman–Crippen MR) is 72.9 cm³/mol. The fraction of sp³-hybridized carbons (Fsp3) is 0.533. The summed E-state index contributed by atoms with van der Waals surface area (Å²) in [5.41, 5.74) is 5.82. The molecule has 0 heterocycles. The van der Waals surface area contributed by atoms with E-state index < -0.39 is 23.2 Å². The van der Waals surface area contributed by atoms with Crippen molar-refractivity contribution in [2.75, 3.05) is 7.05 Å². The SMILES string of the molecule is CC(c1cc(F)ccc1F)N(C)C(=O)CC1(N)CCC1. The van der Waals surface area contributed by atoms with Crippen molar-refractivity contribution in [2.45, 2.75) is 44.2 Å². The van der Waals surface area contributed by atoms with E-state index in [-0.39, 0.29) is 17.9 Å². The number of benzene rings is 1. The number of hydrogen-bond acceptors (Lipinski definition) is 2. The zero-order valence-corrected chi connectivity index (χ0v) is 11.8. The number of halogens is 2. The predicted octanol–water partition coefficient (Wildman–Crippen LogP) is 2.76. The summed E-state index contributed by atoms with van der Waals surface area (Å²) in [6.45, 7) is 1.68. The van der Waals surface area contributed by atoms with E-state index >= 15 is 0 Å². The maximum absolute atomic E-state index is 13.7. The normalized spacial score (nSPS) is 18.2. The molecule has 0 saturated heterocycles. The van der Waals surface area contributed by atoms with Crippen molar-refractivity contribution in [1.29, 1.82) is 0 Å². The smallest absolute Gasteiger partial charge is 0.224 e. The Morgan fingerprint density at radius 1 is 1.45 bits per heavy atom. The third kappa shape index (κ3) is 2.98. The van der Waals surface area contributed by atoms with Crippen LogP contribution in [0.2, 0.25) is 0 Å². The van der Waals surface area contributed by atoms with Crippen LogP contribution in [-0.4, -0.2) is 23.4 Å². The molecule has 1 fully saturated rings. The monoisotopic (exact) mass is 282 g/mol. The summed E-state index contributed by atoms with van der Waals surface area (Å²) in [6, 6.07) is 2.75. The molecule has 5 heteroatoms. The number of carbonyl (C=O) groups excluding carboxylic acids is 1. The van der Waals surface area contributed by atoms with E-state index in [9.17, 15) is 13.6 Å². The summed E-state index contributed by atoms with van der Waals surface area (Å²) in [4.78, 5) is 13.6. The van der Waals surface area contributed by atoms with Crippen LogP contribution < -0.4 is 5.73 Å². The molecule has 1 amide bonds. The topological polar surface area (TPSA) is 46.3 Å². The maximum atomic E-state index is 13.7. The molecule has 3 nitrogen and oxygen atoms in total. The van der Waals surface area contributed by atoms with Gasteiger partial charge in [0.2, 0.25) is 5.91 Å². The molecule has 1 unspecified atom stereocenters. The van der Waals surface area contributed by atoms with Crippen LogP contribution in [0.5, 0.6) is 0 Å². The first-order valence-corrected chi connectivity index (χ1v) is 6.82. The van der Waals surface area contributed by atoms with Crippen molar-refractivity contribution < 1.29 is 13.6 Å². The Hall–Kier alpha value is -1.49. The van der Waals surface area contributed by atoms with Crippen molar-refractivity contribution in [2.24, 2.45) is 5.73 Å². The van der Waals surface area contributed by atoms with E-state index in [1.54, 1.807) is 14.0 Å². The number of rotatable bonds is 4. The van der Waals surface area contributed by atoms with Gasteiger partial charge in [-0.15, -0.1) is 0 Å². The van der Waals surface area contributed by atoms with Crippen LogP contribution in [0.15, 0.2) is 18.2 Å². The molecular weight excluding hydrogens is 262 g/mol. The fourth-order valence-corrected chi connectivity index (χ4v) is 2.49. The van der Waals surface area contributed by atoms with E-state index in [4.69, 9.17) is 5.73 Å². The van der Waals surface area contributed by atoms with E-state index in [1.165, 1.54) is 4.90 Å². The summed E-state index contributed by atoms with van der Waals surface area (Å²) >= 11 is 0. The van der Waals surface area contributed by atoms with Crippen LogP contribution in [0.3, 0.4) is 0 Å². The number of amides is 1. The second-order valence-electron chi connectivity index (χ2n) is 5.74. The van der Waals surface area contributed by atoms with Gasteiger partial charge in [-0.05, 0) is 44.4 Å². The lowest BCUT2D eigenvalue weighted by molar-refractivity contribution is -0.133. The van der Waals surface area contributed by atoms with Gasteiger partial charge in [0.05, 0.1) is 6.04 Å². The molecular formula is C15H20F2N2O. The van der Waals surface area contributed by atoms with Gasteiger partial charge in [-0.25, -0.2) is 8.78 Å². The second kappa shape index (κ2) is 5.48. The lowest BCUT2D eigenvalue weighted by Crippen LogP contribution is -2.50. The Morgan fingerprint density at radius 2 is 2.10 bits per heavy atom. The van der Waals surface area contributed by atoms with Crippen LogP contribution in [0, 0.1) is 11.6 Å². The summed E-state index contributed by atoms with van der Waals surface area (Å²) in [6.07, 6.45) is 2.98. The fourth-order valence-electron chi connectivity index (χ4n) is 2.49. The molecule has 1 atom stereocenters. The quantitative estimate of drug-likeness (QED) is 0.923. The molecule has 0 bridgehead atoms. The third-order valence-corrected chi connectivity index (χ3v) is 4.24. The minimum Gasteiger partial charge on any atom is -0.339 e. The van der Waals surface area contributed by atoms with Crippen molar-refractivity contribution >= 4 is 5.91 Å². The first-order chi connectivity index (χ1) is 9.32. The van der Waals surface area contributed by atoms with E-state index in [0.29, 0.717) is 0 Å². The zero-order chi connectivity index (χ0) is 14.9. The number of nitrogens with two attached hydrogens (primary N) is 1. The van der Waals surface area contributed by atoms with Crippen LogP contribution in [0.25, 0.3) is 0 Å². The standard InChI is InChI=1S/C15H20F2N2O/c1-10(12-8-11(16)4-5-13(12)17)19(2)14(20)9-15(18)6-3-7-15/h4-5,8,10H,3,6-7,9,18H2,1-2H3. The molecule has 1 aliphatic rings. The largest absolute Gasteiger partial charge is 0.339 e. The van der Waals surface area contributed by atoms with Gasteiger partial charge in [-0.1, -0.05) is 0 Å². The highest BCUT2D eigenvalue weighted by Gasteiger charge is 2.36.